The fourth-order valence-corrected chi connectivity index (χ4v) is 2.89. The molecule has 0 fully saturated rings. The van der Waals surface area contributed by atoms with Crippen LogP contribution in [0.1, 0.15) is 5.82 Å². The van der Waals surface area contributed by atoms with Crippen LogP contribution >= 0.6 is 0 Å². The lowest BCUT2D eigenvalue weighted by Crippen LogP contribution is -2.04. The summed E-state index contributed by atoms with van der Waals surface area (Å²) in [5.41, 5.74) is 8.54. The van der Waals surface area contributed by atoms with Crippen molar-refractivity contribution in [3.63, 3.8) is 0 Å². The quantitative estimate of drug-likeness (QED) is 0.793. The molecule has 0 amide bonds. The SMILES string of the molecule is COc1c(OC)c(-c2ccccc2)c2c(N)nc(C)nc2c1OC. The highest BCUT2D eigenvalue weighted by Gasteiger charge is 2.26. The fraction of sp³-hybridized carbons (Fsp3) is 0.222. The first-order valence-electron chi connectivity index (χ1n) is 7.43. The van der Waals surface area contributed by atoms with Crippen molar-refractivity contribution in [2.45, 2.75) is 6.92 Å². The van der Waals surface area contributed by atoms with Gasteiger partial charge in [0.25, 0.3) is 0 Å². The van der Waals surface area contributed by atoms with Crippen molar-refractivity contribution < 1.29 is 14.2 Å². The summed E-state index contributed by atoms with van der Waals surface area (Å²) in [7, 11) is 4.71. The minimum absolute atomic E-state index is 0.371. The van der Waals surface area contributed by atoms with Crippen molar-refractivity contribution in [3.05, 3.63) is 36.2 Å². The van der Waals surface area contributed by atoms with Crippen LogP contribution in [0, 0.1) is 6.92 Å². The Kier molecular flexibility index (Phi) is 4.12. The highest BCUT2D eigenvalue weighted by Crippen LogP contribution is 2.51. The third kappa shape index (κ3) is 2.36. The molecule has 24 heavy (non-hydrogen) atoms. The summed E-state index contributed by atoms with van der Waals surface area (Å²) in [6.07, 6.45) is 0. The molecule has 3 rings (SSSR count). The Bertz CT molecular complexity index is 895. The molecule has 0 aliphatic heterocycles. The number of nitrogens with two attached hydrogens (primary N) is 1. The first kappa shape index (κ1) is 15.9. The predicted octanol–water partition coefficient (Wildman–Crippen LogP) is 3.21. The molecule has 0 aliphatic carbocycles. The van der Waals surface area contributed by atoms with E-state index in [0.29, 0.717) is 39.8 Å². The van der Waals surface area contributed by atoms with Gasteiger partial charge in [-0.1, -0.05) is 30.3 Å². The number of fused-ring (bicyclic) bond motifs is 1. The summed E-state index contributed by atoms with van der Waals surface area (Å²) < 4.78 is 16.7. The van der Waals surface area contributed by atoms with E-state index in [-0.39, 0.29) is 0 Å². The van der Waals surface area contributed by atoms with Crippen LogP contribution in [-0.4, -0.2) is 31.3 Å². The maximum absolute atomic E-state index is 6.23. The molecular formula is C18H19N3O3. The molecule has 6 nitrogen and oxygen atoms in total. The highest BCUT2D eigenvalue weighted by atomic mass is 16.5. The van der Waals surface area contributed by atoms with Gasteiger partial charge in [0.2, 0.25) is 5.75 Å². The van der Waals surface area contributed by atoms with Crippen LogP contribution < -0.4 is 19.9 Å². The number of ether oxygens (including phenoxy) is 3. The molecule has 2 aromatic carbocycles. The van der Waals surface area contributed by atoms with Gasteiger partial charge in [0.15, 0.2) is 11.5 Å². The lowest BCUT2D eigenvalue weighted by molar-refractivity contribution is 0.327. The summed E-state index contributed by atoms with van der Waals surface area (Å²) in [5.74, 6) is 2.41. The van der Waals surface area contributed by atoms with Crippen molar-refractivity contribution in [1.82, 2.24) is 9.97 Å². The highest BCUT2D eigenvalue weighted by molar-refractivity contribution is 6.08. The zero-order valence-corrected chi connectivity index (χ0v) is 14.1. The molecule has 0 radical (unpaired) electrons. The molecule has 1 aromatic heterocycles. The van der Waals surface area contributed by atoms with Crippen LogP contribution in [-0.2, 0) is 0 Å². The zero-order chi connectivity index (χ0) is 17.3. The Labute approximate surface area is 140 Å². The summed E-state index contributed by atoms with van der Waals surface area (Å²) in [6.45, 7) is 1.79. The largest absolute Gasteiger partial charge is 0.492 e. The Morgan fingerprint density at radius 2 is 1.46 bits per heavy atom. The number of nitrogen functional groups attached to an aromatic ring is 1. The Morgan fingerprint density at radius 1 is 0.833 bits per heavy atom. The van der Waals surface area contributed by atoms with Crippen molar-refractivity contribution in [3.8, 4) is 28.4 Å². The zero-order valence-electron chi connectivity index (χ0n) is 14.1. The Hall–Kier alpha value is -3.02. The van der Waals surface area contributed by atoms with Gasteiger partial charge in [-0.05, 0) is 12.5 Å². The molecule has 1 heterocycles. The minimum Gasteiger partial charge on any atom is -0.492 e. The summed E-state index contributed by atoms with van der Waals surface area (Å²) in [6, 6.07) is 9.79. The van der Waals surface area contributed by atoms with Crippen LogP contribution in [0.4, 0.5) is 5.82 Å². The number of anilines is 1. The monoisotopic (exact) mass is 325 g/mol. The van der Waals surface area contributed by atoms with E-state index in [1.165, 1.54) is 0 Å². The van der Waals surface area contributed by atoms with Gasteiger partial charge in [-0.2, -0.15) is 0 Å². The van der Waals surface area contributed by atoms with Gasteiger partial charge < -0.3 is 19.9 Å². The normalized spacial score (nSPS) is 10.7. The van der Waals surface area contributed by atoms with Crippen LogP contribution in [0.3, 0.4) is 0 Å². The topological polar surface area (TPSA) is 79.5 Å². The van der Waals surface area contributed by atoms with E-state index in [9.17, 15) is 0 Å². The van der Waals surface area contributed by atoms with Crippen LogP contribution in [0.2, 0.25) is 0 Å². The number of nitrogens with zero attached hydrogens (tertiary/aromatic N) is 2. The number of aromatic nitrogens is 2. The van der Waals surface area contributed by atoms with Gasteiger partial charge >= 0.3 is 0 Å². The second-order valence-corrected chi connectivity index (χ2v) is 5.22. The van der Waals surface area contributed by atoms with Crippen LogP contribution in [0.15, 0.2) is 30.3 Å². The Morgan fingerprint density at radius 3 is 2.04 bits per heavy atom. The first-order valence-corrected chi connectivity index (χ1v) is 7.43. The third-order valence-corrected chi connectivity index (χ3v) is 3.83. The molecule has 0 bridgehead atoms. The summed E-state index contributed by atoms with van der Waals surface area (Å²) in [4.78, 5) is 8.83. The maximum Gasteiger partial charge on any atom is 0.206 e. The molecule has 124 valence electrons. The van der Waals surface area contributed by atoms with Gasteiger partial charge in [-0.3, -0.25) is 0 Å². The molecule has 3 aromatic rings. The molecule has 6 heteroatoms. The van der Waals surface area contributed by atoms with Gasteiger partial charge in [-0.25, -0.2) is 9.97 Å². The third-order valence-electron chi connectivity index (χ3n) is 3.83. The van der Waals surface area contributed by atoms with Crippen molar-refractivity contribution in [2.24, 2.45) is 0 Å². The van der Waals surface area contributed by atoms with Crippen molar-refractivity contribution in [2.75, 3.05) is 27.1 Å². The van der Waals surface area contributed by atoms with E-state index >= 15 is 0 Å². The Balaban J connectivity index is 2.58. The van der Waals surface area contributed by atoms with E-state index in [1.807, 2.05) is 30.3 Å². The standard InChI is InChI=1S/C18H19N3O3/c1-10-20-14-13(18(19)21-10)12(11-8-6-5-7-9-11)15(22-2)17(24-4)16(14)23-3/h5-9H,1-4H3,(H2,19,20,21). The predicted molar refractivity (Wildman–Crippen MR) is 93.8 cm³/mol. The van der Waals surface area contributed by atoms with Crippen LogP contribution in [0.25, 0.3) is 22.0 Å². The molecule has 0 spiro atoms. The lowest BCUT2D eigenvalue weighted by atomic mass is 9.98. The van der Waals surface area contributed by atoms with Gasteiger partial charge in [0.1, 0.15) is 17.2 Å². The summed E-state index contributed by atoms with van der Waals surface area (Å²) in [5, 5.41) is 0.682. The van der Waals surface area contributed by atoms with E-state index in [1.54, 1.807) is 28.3 Å². The number of hydrogen-bond acceptors (Lipinski definition) is 6. The molecule has 0 saturated heterocycles. The van der Waals surface area contributed by atoms with Crippen molar-refractivity contribution >= 4 is 16.7 Å². The molecule has 0 aliphatic rings. The molecule has 0 unspecified atom stereocenters. The lowest BCUT2D eigenvalue weighted by Gasteiger charge is -2.20. The average molecular weight is 325 g/mol. The minimum atomic E-state index is 0.371. The summed E-state index contributed by atoms with van der Waals surface area (Å²) >= 11 is 0. The van der Waals surface area contributed by atoms with Crippen LogP contribution in [0.5, 0.6) is 17.2 Å². The molecule has 2 N–H and O–H groups in total. The smallest absolute Gasteiger partial charge is 0.206 e. The van der Waals surface area contributed by atoms with E-state index < -0.39 is 0 Å². The van der Waals surface area contributed by atoms with Gasteiger partial charge in [0, 0.05) is 5.56 Å². The second kappa shape index (κ2) is 6.23. The van der Waals surface area contributed by atoms with E-state index in [2.05, 4.69) is 9.97 Å². The number of benzene rings is 2. The van der Waals surface area contributed by atoms with Gasteiger partial charge in [0.05, 0.1) is 26.7 Å². The molecular weight excluding hydrogens is 306 g/mol. The number of aryl methyl sites for hydroxylation is 1. The number of methoxy groups -OCH3 is 3. The first-order chi connectivity index (χ1) is 11.6. The van der Waals surface area contributed by atoms with E-state index in [4.69, 9.17) is 19.9 Å². The number of hydrogen-bond donors (Lipinski definition) is 1. The van der Waals surface area contributed by atoms with Crippen molar-refractivity contribution in [1.29, 1.82) is 0 Å². The van der Waals surface area contributed by atoms with E-state index in [0.717, 1.165) is 11.1 Å². The number of rotatable bonds is 4. The average Bonchev–Trinajstić information content (AvgIpc) is 2.60. The molecule has 0 saturated carbocycles. The van der Waals surface area contributed by atoms with Gasteiger partial charge in [-0.15, -0.1) is 0 Å². The molecule has 0 atom stereocenters. The fourth-order valence-electron chi connectivity index (χ4n) is 2.89. The second-order valence-electron chi connectivity index (χ2n) is 5.22. The maximum atomic E-state index is 6.23.